The largest absolute Gasteiger partial charge is 0.375 e. The van der Waals surface area contributed by atoms with Crippen molar-refractivity contribution in [3.8, 4) is 12.1 Å². The van der Waals surface area contributed by atoms with Crippen LogP contribution in [0.4, 0.5) is 5.69 Å². The first-order valence-corrected chi connectivity index (χ1v) is 4.94. The normalized spacial score (nSPS) is 11.2. The average Bonchev–Trinajstić information content (AvgIpc) is 2.37. The third-order valence-electron chi connectivity index (χ3n) is 1.80. The van der Waals surface area contributed by atoms with Crippen molar-refractivity contribution in [2.45, 2.75) is 13.0 Å². The van der Waals surface area contributed by atoms with Gasteiger partial charge in [-0.2, -0.15) is 10.5 Å². The van der Waals surface area contributed by atoms with Crippen LogP contribution in [0.5, 0.6) is 0 Å². The molecule has 0 aliphatic carbocycles. The van der Waals surface area contributed by atoms with E-state index in [-0.39, 0.29) is 11.6 Å². The van der Waals surface area contributed by atoms with Crippen molar-refractivity contribution < 1.29 is 0 Å². The molecule has 0 bridgehead atoms. The SMILES string of the molecule is CC(C=C(C#N)C#N)[N-]N=Nc1ccccc1. The van der Waals surface area contributed by atoms with Gasteiger partial charge < -0.3 is 10.5 Å². The average molecular weight is 224 g/mol. The summed E-state index contributed by atoms with van der Waals surface area (Å²) in [5, 5.41) is 24.6. The fraction of sp³-hybridized carbons (Fsp3) is 0.167. The van der Waals surface area contributed by atoms with Crippen LogP contribution in [0.2, 0.25) is 0 Å². The molecule has 0 heterocycles. The lowest BCUT2D eigenvalue weighted by atomic mass is 10.2. The lowest BCUT2D eigenvalue weighted by Gasteiger charge is -2.11. The molecule has 0 N–H and O–H groups in total. The Morgan fingerprint density at radius 1 is 1.29 bits per heavy atom. The molecule has 1 atom stereocenters. The number of nitrogens with zero attached hydrogens (tertiary/aromatic N) is 5. The first-order chi connectivity index (χ1) is 8.26. The van der Waals surface area contributed by atoms with Crippen LogP contribution in [0.15, 0.2) is 52.3 Å². The van der Waals surface area contributed by atoms with Crippen LogP contribution in [0, 0.1) is 22.7 Å². The van der Waals surface area contributed by atoms with E-state index >= 15 is 0 Å². The van der Waals surface area contributed by atoms with Crippen LogP contribution in [-0.2, 0) is 0 Å². The smallest absolute Gasteiger partial charge is 0.125 e. The molecule has 0 amide bonds. The maximum absolute atomic E-state index is 8.54. The predicted octanol–water partition coefficient (Wildman–Crippen LogP) is 3.42. The van der Waals surface area contributed by atoms with Gasteiger partial charge in [0.25, 0.3) is 0 Å². The minimum atomic E-state index is -0.350. The van der Waals surface area contributed by atoms with Crippen LogP contribution in [-0.4, -0.2) is 6.04 Å². The Balaban J connectivity index is 2.53. The molecule has 0 fully saturated rings. The van der Waals surface area contributed by atoms with E-state index in [2.05, 4.69) is 15.8 Å². The van der Waals surface area contributed by atoms with Crippen molar-refractivity contribution >= 4 is 5.69 Å². The van der Waals surface area contributed by atoms with Crippen molar-refractivity contribution in [1.82, 2.24) is 0 Å². The number of hydrogen-bond donors (Lipinski definition) is 0. The van der Waals surface area contributed by atoms with Gasteiger partial charge in [-0.25, -0.2) is 0 Å². The Bertz CT molecular complexity index is 474. The quantitative estimate of drug-likeness (QED) is 0.445. The predicted molar refractivity (Wildman–Crippen MR) is 63.1 cm³/mol. The number of hydrogen-bond acceptors (Lipinski definition) is 4. The first kappa shape index (κ1) is 12.4. The zero-order chi connectivity index (χ0) is 12.5. The summed E-state index contributed by atoms with van der Waals surface area (Å²) >= 11 is 0. The molecule has 1 aromatic rings. The second-order valence-corrected chi connectivity index (χ2v) is 3.19. The maximum atomic E-state index is 8.54. The standard InChI is InChI=1S/C12H10N5/c1-10(7-11(8-13)9-14)15-17-16-12-5-3-2-4-6-12/h2-7,10H,1H3/q-1. The topological polar surface area (TPSA) is 86.4 Å². The van der Waals surface area contributed by atoms with Crippen LogP contribution in [0.25, 0.3) is 5.43 Å². The summed E-state index contributed by atoms with van der Waals surface area (Å²) in [6, 6.07) is 12.3. The van der Waals surface area contributed by atoms with Crippen LogP contribution in [0.3, 0.4) is 0 Å². The molecule has 0 aliphatic heterocycles. The molecule has 17 heavy (non-hydrogen) atoms. The third kappa shape index (κ3) is 4.59. The molecule has 0 aromatic heterocycles. The second-order valence-electron chi connectivity index (χ2n) is 3.19. The summed E-state index contributed by atoms with van der Waals surface area (Å²) in [6.07, 6.45) is 1.43. The molecule has 1 aromatic carbocycles. The fourth-order valence-corrected chi connectivity index (χ4v) is 1.03. The van der Waals surface area contributed by atoms with Crippen LogP contribution >= 0.6 is 0 Å². The number of allylic oxidation sites excluding steroid dienone is 1. The van der Waals surface area contributed by atoms with Gasteiger partial charge in [0.05, 0.1) is 0 Å². The lowest BCUT2D eigenvalue weighted by molar-refractivity contribution is 0.949. The molecular formula is C12H10N5-. The number of rotatable bonds is 4. The Labute approximate surface area is 99.7 Å². The zero-order valence-corrected chi connectivity index (χ0v) is 9.28. The van der Waals surface area contributed by atoms with E-state index in [1.807, 2.05) is 18.2 Å². The highest BCUT2D eigenvalue weighted by atomic mass is 15.4. The third-order valence-corrected chi connectivity index (χ3v) is 1.80. The van der Waals surface area contributed by atoms with Crippen molar-refractivity contribution in [3.05, 3.63) is 47.4 Å². The molecule has 1 unspecified atom stereocenters. The Kier molecular flexibility index (Phi) is 4.93. The monoisotopic (exact) mass is 224 g/mol. The summed E-state index contributed by atoms with van der Waals surface area (Å²) in [5.41, 5.74) is 4.56. The van der Waals surface area contributed by atoms with Gasteiger partial charge in [0.15, 0.2) is 0 Å². The molecule has 5 nitrogen and oxygen atoms in total. The molecular weight excluding hydrogens is 214 g/mol. The maximum Gasteiger partial charge on any atom is 0.125 e. The van der Waals surface area contributed by atoms with E-state index in [9.17, 15) is 0 Å². The van der Waals surface area contributed by atoms with Gasteiger partial charge in [-0.15, -0.1) is 0 Å². The number of nitriles is 2. The minimum absolute atomic E-state index is 0.0242. The summed E-state index contributed by atoms with van der Waals surface area (Å²) < 4.78 is 0. The Morgan fingerprint density at radius 3 is 2.53 bits per heavy atom. The molecule has 1 rings (SSSR count). The second kappa shape index (κ2) is 6.76. The molecule has 0 radical (unpaired) electrons. The van der Waals surface area contributed by atoms with Gasteiger partial charge in [-0.05, 0) is 11.7 Å². The molecule has 5 heteroatoms. The van der Waals surface area contributed by atoms with Gasteiger partial charge in [-0.1, -0.05) is 43.3 Å². The van der Waals surface area contributed by atoms with E-state index in [1.54, 1.807) is 31.2 Å². The van der Waals surface area contributed by atoms with Crippen molar-refractivity contribution in [3.63, 3.8) is 0 Å². The molecule has 0 aliphatic rings. The van der Waals surface area contributed by atoms with E-state index in [1.165, 1.54) is 6.08 Å². The Hall–Kier alpha value is -2.66. The van der Waals surface area contributed by atoms with E-state index in [0.29, 0.717) is 5.69 Å². The fourth-order valence-electron chi connectivity index (χ4n) is 1.03. The van der Waals surface area contributed by atoms with Crippen molar-refractivity contribution in [2.75, 3.05) is 0 Å². The first-order valence-electron chi connectivity index (χ1n) is 4.94. The lowest BCUT2D eigenvalue weighted by Crippen LogP contribution is -1.93. The summed E-state index contributed by atoms with van der Waals surface area (Å²) in [5.74, 6) is 0. The van der Waals surface area contributed by atoms with Gasteiger partial charge in [0.1, 0.15) is 17.7 Å². The highest BCUT2D eigenvalue weighted by Crippen LogP contribution is 2.13. The Morgan fingerprint density at radius 2 is 1.94 bits per heavy atom. The van der Waals surface area contributed by atoms with E-state index in [0.717, 1.165) is 0 Å². The van der Waals surface area contributed by atoms with Crippen LogP contribution in [0.1, 0.15) is 6.92 Å². The minimum Gasteiger partial charge on any atom is -0.375 e. The van der Waals surface area contributed by atoms with E-state index < -0.39 is 0 Å². The van der Waals surface area contributed by atoms with Gasteiger partial charge in [0.2, 0.25) is 0 Å². The van der Waals surface area contributed by atoms with Gasteiger partial charge >= 0.3 is 0 Å². The summed E-state index contributed by atoms with van der Waals surface area (Å²) in [6.45, 7) is 1.72. The molecule has 84 valence electrons. The highest BCUT2D eigenvalue weighted by Gasteiger charge is 1.94. The molecule has 0 saturated heterocycles. The molecule has 0 saturated carbocycles. The van der Waals surface area contributed by atoms with Crippen molar-refractivity contribution in [2.24, 2.45) is 10.3 Å². The molecule has 0 spiro atoms. The van der Waals surface area contributed by atoms with E-state index in [4.69, 9.17) is 10.5 Å². The van der Waals surface area contributed by atoms with Gasteiger partial charge in [-0.3, -0.25) is 5.22 Å². The highest BCUT2D eigenvalue weighted by molar-refractivity contribution is 5.37. The van der Waals surface area contributed by atoms with Crippen LogP contribution < -0.4 is 0 Å². The summed E-state index contributed by atoms with van der Waals surface area (Å²) in [4.78, 5) is 0. The number of benzene rings is 1. The summed E-state index contributed by atoms with van der Waals surface area (Å²) in [7, 11) is 0. The van der Waals surface area contributed by atoms with Gasteiger partial charge in [0, 0.05) is 0 Å². The zero-order valence-electron chi connectivity index (χ0n) is 9.28. The van der Waals surface area contributed by atoms with Crippen molar-refractivity contribution in [1.29, 1.82) is 10.5 Å².